The van der Waals surface area contributed by atoms with E-state index < -0.39 is 29.7 Å². The summed E-state index contributed by atoms with van der Waals surface area (Å²) in [5, 5.41) is 15.4. The van der Waals surface area contributed by atoms with E-state index in [-0.39, 0.29) is 24.4 Å². The Labute approximate surface area is 215 Å². The van der Waals surface area contributed by atoms with E-state index in [9.17, 15) is 19.6 Å². The van der Waals surface area contributed by atoms with Crippen LogP contribution in [-0.2, 0) is 14.3 Å². The molecule has 2 rings (SSSR count). The van der Waals surface area contributed by atoms with Crippen molar-refractivity contribution in [1.82, 2.24) is 15.5 Å². The Kier molecular flexibility index (Phi) is 10.8. The summed E-state index contributed by atoms with van der Waals surface area (Å²) in [6.07, 6.45) is 4.68. The fraction of sp³-hybridized carbons (Fsp3) is 0.643. The van der Waals surface area contributed by atoms with Crippen LogP contribution >= 0.6 is 0 Å². The van der Waals surface area contributed by atoms with Gasteiger partial charge in [-0.15, -0.1) is 0 Å². The Bertz CT molecular complexity index is 924. The van der Waals surface area contributed by atoms with E-state index in [0.29, 0.717) is 12.0 Å². The molecule has 0 aromatic heterocycles. The lowest BCUT2D eigenvalue weighted by atomic mass is 9.94. The highest BCUT2D eigenvalue weighted by Gasteiger charge is 2.37. The SMILES string of the molecule is Cc1ccc(C(C(=O)NC2CCCCC2)N(CC#N)C(=O)C(CC(C)C)NC(=O)OC(C)(C)C)cc1. The molecular formula is C28H42N4O4. The van der Waals surface area contributed by atoms with Crippen LogP contribution in [0.15, 0.2) is 24.3 Å². The molecule has 1 aromatic rings. The van der Waals surface area contributed by atoms with Crippen LogP contribution in [0.4, 0.5) is 4.79 Å². The van der Waals surface area contributed by atoms with Crippen molar-refractivity contribution in [2.24, 2.45) is 5.92 Å². The smallest absolute Gasteiger partial charge is 0.408 e. The van der Waals surface area contributed by atoms with E-state index in [1.807, 2.05) is 51.1 Å². The highest BCUT2D eigenvalue weighted by Crippen LogP contribution is 2.26. The molecule has 0 saturated heterocycles. The summed E-state index contributed by atoms with van der Waals surface area (Å²) in [5.74, 6) is -0.720. The van der Waals surface area contributed by atoms with Crippen LogP contribution < -0.4 is 10.6 Å². The molecule has 8 heteroatoms. The first-order valence-corrected chi connectivity index (χ1v) is 12.9. The van der Waals surface area contributed by atoms with Gasteiger partial charge in [0.2, 0.25) is 11.8 Å². The highest BCUT2D eigenvalue weighted by molar-refractivity contribution is 5.92. The fourth-order valence-electron chi connectivity index (χ4n) is 4.46. The molecule has 1 aliphatic carbocycles. The second kappa shape index (κ2) is 13.3. The van der Waals surface area contributed by atoms with Crippen LogP contribution in [0.1, 0.15) is 90.3 Å². The molecule has 36 heavy (non-hydrogen) atoms. The van der Waals surface area contributed by atoms with Gasteiger partial charge in [-0.25, -0.2) is 4.79 Å². The van der Waals surface area contributed by atoms with Crippen molar-refractivity contribution in [3.8, 4) is 6.07 Å². The number of nitrogens with zero attached hydrogens (tertiary/aromatic N) is 2. The predicted molar refractivity (Wildman–Crippen MR) is 139 cm³/mol. The summed E-state index contributed by atoms with van der Waals surface area (Å²) >= 11 is 0. The van der Waals surface area contributed by atoms with Crippen LogP contribution in [-0.4, -0.2) is 47.0 Å². The Morgan fingerprint density at radius 3 is 2.25 bits per heavy atom. The molecule has 3 amide bonds. The molecule has 1 fully saturated rings. The zero-order valence-corrected chi connectivity index (χ0v) is 22.6. The van der Waals surface area contributed by atoms with Crippen LogP contribution in [0.5, 0.6) is 0 Å². The summed E-state index contributed by atoms with van der Waals surface area (Å²) in [7, 11) is 0. The van der Waals surface area contributed by atoms with Crippen molar-refractivity contribution in [2.75, 3.05) is 6.54 Å². The van der Waals surface area contributed by atoms with Gasteiger partial charge in [-0.2, -0.15) is 5.26 Å². The van der Waals surface area contributed by atoms with E-state index in [0.717, 1.165) is 37.7 Å². The molecule has 2 N–H and O–H groups in total. The van der Waals surface area contributed by atoms with Crippen molar-refractivity contribution in [3.63, 3.8) is 0 Å². The maximum atomic E-state index is 13.9. The topological polar surface area (TPSA) is 112 Å². The molecule has 198 valence electrons. The number of rotatable bonds is 9. The zero-order chi connectivity index (χ0) is 26.9. The number of carbonyl (C=O) groups is 3. The number of carbonyl (C=O) groups excluding carboxylic acids is 3. The normalized spacial score (nSPS) is 15.9. The number of alkyl carbamates (subject to hydrolysis) is 1. The molecule has 0 radical (unpaired) electrons. The number of aryl methyl sites for hydroxylation is 1. The lowest BCUT2D eigenvalue weighted by Gasteiger charge is -2.34. The molecule has 1 aliphatic rings. The molecule has 1 aromatic carbocycles. The fourth-order valence-corrected chi connectivity index (χ4v) is 4.46. The standard InChI is InChI=1S/C28H42N4O4/c1-19(2)18-23(31-27(35)36-28(4,5)6)26(34)32(17-16-29)24(21-14-12-20(3)13-15-21)25(33)30-22-10-8-7-9-11-22/h12-15,19,22-24H,7-11,17-18H2,1-6H3,(H,30,33)(H,31,35). The lowest BCUT2D eigenvalue weighted by molar-refractivity contribution is -0.142. The highest BCUT2D eigenvalue weighted by atomic mass is 16.6. The predicted octanol–water partition coefficient (Wildman–Crippen LogP) is 4.78. The van der Waals surface area contributed by atoms with E-state index in [4.69, 9.17) is 4.74 Å². The summed E-state index contributed by atoms with van der Waals surface area (Å²) in [4.78, 5) is 41.4. The van der Waals surface area contributed by atoms with Crippen molar-refractivity contribution < 1.29 is 19.1 Å². The van der Waals surface area contributed by atoms with Gasteiger partial charge in [-0.1, -0.05) is 62.9 Å². The molecule has 2 unspecified atom stereocenters. The monoisotopic (exact) mass is 498 g/mol. The average molecular weight is 499 g/mol. The van der Waals surface area contributed by atoms with Gasteiger partial charge in [-0.3, -0.25) is 9.59 Å². The van der Waals surface area contributed by atoms with Gasteiger partial charge in [0.05, 0.1) is 6.07 Å². The summed E-state index contributed by atoms with van der Waals surface area (Å²) in [6, 6.07) is 7.57. The van der Waals surface area contributed by atoms with Crippen LogP contribution in [0, 0.1) is 24.2 Å². The first-order valence-electron chi connectivity index (χ1n) is 12.9. The molecule has 0 aliphatic heterocycles. The minimum atomic E-state index is -0.991. The largest absolute Gasteiger partial charge is 0.444 e. The second-order valence-electron chi connectivity index (χ2n) is 11.1. The first-order chi connectivity index (χ1) is 16.9. The number of hydrogen-bond acceptors (Lipinski definition) is 5. The number of nitrogens with one attached hydrogen (secondary N) is 2. The van der Waals surface area contributed by atoms with Gasteiger partial charge in [-0.05, 0) is 58.4 Å². The Morgan fingerprint density at radius 1 is 1.11 bits per heavy atom. The minimum absolute atomic E-state index is 0.0459. The molecule has 0 spiro atoms. The van der Waals surface area contributed by atoms with Crippen molar-refractivity contribution in [1.29, 1.82) is 5.26 Å². The van der Waals surface area contributed by atoms with Gasteiger partial charge >= 0.3 is 6.09 Å². The van der Waals surface area contributed by atoms with Gasteiger partial charge in [0.1, 0.15) is 24.2 Å². The summed E-state index contributed by atoms with van der Waals surface area (Å²) in [5.41, 5.74) is 0.914. The van der Waals surface area contributed by atoms with Crippen molar-refractivity contribution >= 4 is 17.9 Å². The third-order valence-corrected chi connectivity index (χ3v) is 6.12. The van der Waals surface area contributed by atoms with Crippen LogP contribution in [0.25, 0.3) is 0 Å². The third kappa shape index (κ3) is 9.18. The summed E-state index contributed by atoms with van der Waals surface area (Å²) in [6.45, 7) is 10.8. The summed E-state index contributed by atoms with van der Waals surface area (Å²) < 4.78 is 5.38. The third-order valence-electron chi connectivity index (χ3n) is 6.12. The lowest BCUT2D eigenvalue weighted by Crippen LogP contribution is -2.54. The van der Waals surface area contributed by atoms with E-state index in [2.05, 4.69) is 10.6 Å². The first kappa shape index (κ1) is 29.2. The van der Waals surface area contributed by atoms with Crippen LogP contribution in [0.3, 0.4) is 0 Å². The average Bonchev–Trinajstić information content (AvgIpc) is 2.78. The quantitative estimate of drug-likeness (QED) is 0.476. The Hall–Kier alpha value is -3.08. The Morgan fingerprint density at radius 2 is 1.72 bits per heavy atom. The van der Waals surface area contributed by atoms with E-state index >= 15 is 0 Å². The van der Waals surface area contributed by atoms with Crippen molar-refractivity contribution in [3.05, 3.63) is 35.4 Å². The van der Waals surface area contributed by atoms with E-state index in [1.54, 1.807) is 20.8 Å². The zero-order valence-electron chi connectivity index (χ0n) is 22.6. The number of amides is 3. The van der Waals surface area contributed by atoms with Crippen molar-refractivity contribution in [2.45, 2.75) is 104 Å². The van der Waals surface area contributed by atoms with Gasteiger partial charge in [0.25, 0.3) is 0 Å². The van der Waals surface area contributed by atoms with Gasteiger partial charge in [0, 0.05) is 6.04 Å². The van der Waals surface area contributed by atoms with Crippen LogP contribution in [0.2, 0.25) is 0 Å². The number of hydrogen-bond donors (Lipinski definition) is 2. The van der Waals surface area contributed by atoms with Gasteiger partial charge in [0.15, 0.2) is 0 Å². The minimum Gasteiger partial charge on any atom is -0.444 e. The van der Waals surface area contributed by atoms with Gasteiger partial charge < -0.3 is 20.3 Å². The molecule has 8 nitrogen and oxygen atoms in total. The maximum Gasteiger partial charge on any atom is 0.408 e. The molecular weight excluding hydrogens is 456 g/mol. The molecule has 0 heterocycles. The molecule has 0 bridgehead atoms. The Balaban J connectivity index is 2.41. The van der Waals surface area contributed by atoms with E-state index in [1.165, 1.54) is 4.90 Å². The molecule has 2 atom stereocenters. The number of ether oxygens (including phenoxy) is 1. The number of benzene rings is 1. The number of nitriles is 1. The molecule has 1 saturated carbocycles. The maximum absolute atomic E-state index is 13.9. The second-order valence-corrected chi connectivity index (χ2v) is 11.1.